The van der Waals surface area contributed by atoms with Crippen molar-refractivity contribution in [3.05, 3.63) is 40.4 Å². The van der Waals surface area contributed by atoms with Gasteiger partial charge < -0.3 is 10.1 Å². The van der Waals surface area contributed by atoms with Gasteiger partial charge in [0.15, 0.2) is 6.61 Å². The van der Waals surface area contributed by atoms with Gasteiger partial charge in [0.05, 0.1) is 17.1 Å². The van der Waals surface area contributed by atoms with E-state index in [4.69, 9.17) is 27.9 Å². The fraction of sp³-hybridized carbons (Fsp3) is 0.333. The molecular formula is C15H15Cl2NO3. The first kappa shape index (κ1) is 15.9. The molecule has 0 bridgehead atoms. The lowest BCUT2D eigenvalue weighted by Gasteiger charge is -2.10. The Labute approximate surface area is 133 Å². The summed E-state index contributed by atoms with van der Waals surface area (Å²) in [7, 11) is 0. The number of hydrogen-bond acceptors (Lipinski definition) is 3. The van der Waals surface area contributed by atoms with Gasteiger partial charge in [-0.15, -0.1) is 0 Å². The third-order valence-electron chi connectivity index (χ3n) is 3.11. The molecule has 0 unspecified atom stereocenters. The second-order valence-corrected chi connectivity index (χ2v) is 5.65. The molecule has 1 atom stereocenters. The second kappa shape index (κ2) is 7.48. The molecule has 1 aromatic carbocycles. The van der Waals surface area contributed by atoms with Crippen molar-refractivity contribution in [2.75, 3.05) is 11.9 Å². The summed E-state index contributed by atoms with van der Waals surface area (Å²) in [4.78, 5) is 23.3. The van der Waals surface area contributed by atoms with Gasteiger partial charge in [0.2, 0.25) is 0 Å². The number of esters is 1. The van der Waals surface area contributed by atoms with Crippen LogP contribution in [0.1, 0.15) is 19.3 Å². The SMILES string of the molecule is O=C(COC(=O)C[C@H]1C=CCC1)Nc1cc(Cl)ccc1Cl. The number of halogens is 2. The van der Waals surface area contributed by atoms with Crippen LogP contribution in [-0.2, 0) is 14.3 Å². The van der Waals surface area contributed by atoms with E-state index in [2.05, 4.69) is 5.32 Å². The molecule has 1 N–H and O–H groups in total. The lowest BCUT2D eigenvalue weighted by Crippen LogP contribution is -2.21. The molecule has 0 radical (unpaired) electrons. The zero-order chi connectivity index (χ0) is 15.2. The predicted molar refractivity (Wildman–Crippen MR) is 82.5 cm³/mol. The molecule has 0 saturated heterocycles. The van der Waals surface area contributed by atoms with Crippen molar-refractivity contribution in [2.24, 2.45) is 5.92 Å². The highest BCUT2D eigenvalue weighted by Gasteiger charge is 2.16. The largest absolute Gasteiger partial charge is 0.456 e. The van der Waals surface area contributed by atoms with E-state index < -0.39 is 5.91 Å². The topological polar surface area (TPSA) is 55.4 Å². The van der Waals surface area contributed by atoms with Gasteiger partial charge in [-0.1, -0.05) is 35.4 Å². The van der Waals surface area contributed by atoms with E-state index in [1.165, 1.54) is 6.07 Å². The Hall–Kier alpha value is -1.52. The highest BCUT2D eigenvalue weighted by molar-refractivity contribution is 6.35. The molecule has 1 amide bonds. The van der Waals surface area contributed by atoms with Crippen LogP contribution in [-0.4, -0.2) is 18.5 Å². The summed E-state index contributed by atoms with van der Waals surface area (Å²) < 4.78 is 4.95. The molecule has 0 fully saturated rings. The van der Waals surface area contributed by atoms with E-state index in [9.17, 15) is 9.59 Å². The van der Waals surface area contributed by atoms with Gasteiger partial charge in [-0.3, -0.25) is 9.59 Å². The Balaban J connectivity index is 1.77. The number of benzene rings is 1. The first-order chi connectivity index (χ1) is 10.0. The van der Waals surface area contributed by atoms with Crippen molar-refractivity contribution in [1.82, 2.24) is 0 Å². The van der Waals surface area contributed by atoms with Crippen LogP contribution in [0.4, 0.5) is 5.69 Å². The molecule has 0 aromatic heterocycles. The molecule has 112 valence electrons. The zero-order valence-electron chi connectivity index (χ0n) is 11.3. The monoisotopic (exact) mass is 327 g/mol. The van der Waals surface area contributed by atoms with E-state index in [-0.39, 0.29) is 18.5 Å². The Morgan fingerprint density at radius 2 is 2.14 bits per heavy atom. The van der Waals surface area contributed by atoms with Crippen LogP contribution < -0.4 is 5.32 Å². The average Bonchev–Trinajstić information content (AvgIpc) is 2.93. The fourth-order valence-electron chi connectivity index (χ4n) is 2.06. The van der Waals surface area contributed by atoms with Gasteiger partial charge >= 0.3 is 5.97 Å². The Bertz CT molecular complexity index is 572. The lowest BCUT2D eigenvalue weighted by atomic mass is 10.1. The quantitative estimate of drug-likeness (QED) is 0.660. The number of carbonyl (C=O) groups is 2. The summed E-state index contributed by atoms with van der Waals surface area (Å²) in [5, 5.41) is 3.38. The van der Waals surface area contributed by atoms with Gasteiger partial charge in [-0.2, -0.15) is 0 Å². The molecule has 2 rings (SSSR count). The molecule has 0 aliphatic heterocycles. The molecule has 0 heterocycles. The van der Waals surface area contributed by atoms with Gasteiger partial charge in [0.1, 0.15) is 0 Å². The van der Waals surface area contributed by atoms with Crippen molar-refractivity contribution >= 4 is 40.8 Å². The number of amides is 1. The van der Waals surface area contributed by atoms with Crippen molar-refractivity contribution in [3.8, 4) is 0 Å². The van der Waals surface area contributed by atoms with Crippen molar-refractivity contribution in [1.29, 1.82) is 0 Å². The predicted octanol–water partition coefficient (Wildman–Crippen LogP) is 3.83. The minimum Gasteiger partial charge on any atom is -0.456 e. The highest BCUT2D eigenvalue weighted by atomic mass is 35.5. The Morgan fingerprint density at radius 1 is 1.33 bits per heavy atom. The Kier molecular flexibility index (Phi) is 5.65. The fourth-order valence-corrected chi connectivity index (χ4v) is 2.40. The molecule has 21 heavy (non-hydrogen) atoms. The summed E-state index contributed by atoms with van der Waals surface area (Å²) >= 11 is 11.7. The molecule has 0 spiro atoms. The van der Waals surface area contributed by atoms with Crippen molar-refractivity contribution in [2.45, 2.75) is 19.3 Å². The maximum Gasteiger partial charge on any atom is 0.306 e. The summed E-state index contributed by atoms with van der Waals surface area (Å²) in [6.45, 7) is -0.335. The van der Waals surface area contributed by atoms with Gasteiger partial charge in [-0.25, -0.2) is 0 Å². The summed E-state index contributed by atoms with van der Waals surface area (Å²) in [6, 6.07) is 4.74. The average molecular weight is 328 g/mol. The van der Waals surface area contributed by atoms with E-state index >= 15 is 0 Å². The molecular weight excluding hydrogens is 313 g/mol. The van der Waals surface area contributed by atoms with Crippen LogP contribution in [0.2, 0.25) is 10.0 Å². The number of nitrogens with one attached hydrogen (secondary N) is 1. The van der Waals surface area contributed by atoms with E-state index in [0.717, 1.165) is 12.8 Å². The van der Waals surface area contributed by atoms with Crippen LogP contribution in [0, 0.1) is 5.92 Å². The maximum atomic E-state index is 11.7. The standard InChI is InChI=1S/C15H15Cl2NO3/c16-11-5-6-12(17)13(8-11)18-14(19)9-21-15(20)7-10-3-1-2-4-10/h1,3,5-6,8,10H,2,4,7,9H2,(H,18,19)/t10-/m0/s1. The summed E-state index contributed by atoms with van der Waals surface area (Å²) in [5.74, 6) is -0.601. The maximum absolute atomic E-state index is 11.7. The van der Waals surface area contributed by atoms with E-state index in [1.54, 1.807) is 12.1 Å². The lowest BCUT2D eigenvalue weighted by molar-refractivity contribution is -0.147. The molecule has 0 saturated carbocycles. The number of anilines is 1. The molecule has 6 heteroatoms. The number of ether oxygens (including phenoxy) is 1. The number of carbonyl (C=O) groups excluding carboxylic acids is 2. The summed E-state index contributed by atoms with van der Waals surface area (Å²) in [6.07, 6.45) is 6.31. The second-order valence-electron chi connectivity index (χ2n) is 4.80. The minimum absolute atomic E-state index is 0.225. The van der Waals surface area contributed by atoms with Crippen molar-refractivity contribution < 1.29 is 14.3 Å². The normalized spacial score (nSPS) is 16.8. The van der Waals surface area contributed by atoms with Crippen molar-refractivity contribution in [3.63, 3.8) is 0 Å². The minimum atomic E-state index is -0.450. The molecule has 1 aliphatic rings. The van der Waals surface area contributed by atoms with Gasteiger partial charge in [0.25, 0.3) is 5.91 Å². The molecule has 1 aliphatic carbocycles. The van der Waals surface area contributed by atoms with Crippen LogP contribution in [0.3, 0.4) is 0 Å². The molecule has 4 nitrogen and oxygen atoms in total. The van der Waals surface area contributed by atoms with Gasteiger partial charge in [-0.05, 0) is 37.0 Å². The van der Waals surface area contributed by atoms with Crippen LogP contribution in [0.25, 0.3) is 0 Å². The smallest absolute Gasteiger partial charge is 0.306 e. The number of hydrogen-bond donors (Lipinski definition) is 1. The van der Waals surface area contributed by atoms with E-state index in [1.807, 2.05) is 12.2 Å². The third kappa shape index (κ3) is 5.06. The summed E-state index contributed by atoms with van der Waals surface area (Å²) in [5.41, 5.74) is 0.393. The van der Waals surface area contributed by atoms with Crippen LogP contribution in [0.15, 0.2) is 30.4 Å². The number of allylic oxidation sites excluding steroid dienone is 2. The van der Waals surface area contributed by atoms with Crippen LogP contribution in [0.5, 0.6) is 0 Å². The first-order valence-corrected chi connectivity index (χ1v) is 7.37. The first-order valence-electron chi connectivity index (χ1n) is 6.62. The zero-order valence-corrected chi connectivity index (χ0v) is 12.8. The third-order valence-corrected chi connectivity index (χ3v) is 3.67. The number of rotatable bonds is 5. The highest BCUT2D eigenvalue weighted by Crippen LogP contribution is 2.25. The van der Waals surface area contributed by atoms with E-state index in [0.29, 0.717) is 22.2 Å². The molecule has 1 aromatic rings. The van der Waals surface area contributed by atoms with Gasteiger partial charge in [0, 0.05) is 5.02 Å². The van der Waals surface area contributed by atoms with Crippen LogP contribution >= 0.6 is 23.2 Å². The Morgan fingerprint density at radius 3 is 2.86 bits per heavy atom.